The lowest BCUT2D eigenvalue weighted by molar-refractivity contribution is 1.33. The maximum Gasteiger partial charge on any atom is 0.138 e. The molecule has 0 atom stereocenters. The Hall–Kier alpha value is -3.45. The Balaban J connectivity index is 1.45. The van der Waals surface area contributed by atoms with E-state index in [1.165, 1.54) is 0 Å². The van der Waals surface area contributed by atoms with Crippen molar-refractivity contribution in [2.45, 2.75) is 0 Å². The first-order valence-corrected chi connectivity index (χ1v) is 9.61. The third kappa shape index (κ3) is 2.44. The molecule has 6 aromatic rings. The molecule has 28 heavy (non-hydrogen) atoms. The van der Waals surface area contributed by atoms with Gasteiger partial charge in [0.25, 0.3) is 0 Å². The third-order valence-corrected chi connectivity index (χ3v) is 5.39. The zero-order valence-corrected chi connectivity index (χ0v) is 16.1. The average Bonchev–Trinajstić information content (AvgIpc) is 3.43. The van der Waals surface area contributed by atoms with Crippen LogP contribution in [0.4, 0.5) is 0 Å². The van der Waals surface area contributed by atoms with Crippen LogP contribution in [0.5, 0.6) is 0 Å². The highest BCUT2D eigenvalue weighted by atomic mass is 79.9. The molecule has 134 valence electrons. The van der Waals surface area contributed by atoms with Crippen molar-refractivity contribution in [3.8, 4) is 22.8 Å². The van der Waals surface area contributed by atoms with Crippen molar-refractivity contribution in [3.63, 3.8) is 0 Å². The highest BCUT2D eigenvalue weighted by Crippen LogP contribution is 2.28. The summed E-state index contributed by atoms with van der Waals surface area (Å²) in [6.07, 6.45) is 1.70. The molecule has 0 radical (unpaired) electrons. The number of aromatic amines is 3. The van der Waals surface area contributed by atoms with Gasteiger partial charge in [0.05, 0.1) is 39.4 Å². The van der Waals surface area contributed by atoms with E-state index in [1.807, 2.05) is 42.5 Å². The second-order valence-corrected chi connectivity index (χ2v) is 7.61. The van der Waals surface area contributed by atoms with E-state index in [-0.39, 0.29) is 0 Å². The first-order chi connectivity index (χ1) is 13.7. The van der Waals surface area contributed by atoms with Gasteiger partial charge in [-0.1, -0.05) is 15.9 Å². The van der Waals surface area contributed by atoms with Crippen molar-refractivity contribution in [1.82, 2.24) is 29.9 Å². The first kappa shape index (κ1) is 15.6. The molecule has 6 rings (SSSR count). The van der Waals surface area contributed by atoms with Crippen LogP contribution in [-0.2, 0) is 0 Å². The van der Waals surface area contributed by atoms with E-state index in [2.05, 4.69) is 48.0 Å². The highest BCUT2D eigenvalue weighted by Gasteiger charge is 2.10. The minimum absolute atomic E-state index is 0.831. The number of nitrogens with one attached hydrogen (secondary N) is 3. The van der Waals surface area contributed by atoms with Gasteiger partial charge in [-0.3, -0.25) is 0 Å². The van der Waals surface area contributed by atoms with Gasteiger partial charge in [0.1, 0.15) is 11.6 Å². The van der Waals surface area contributed by atoms with Gasteiger partial charge in [-0.2, -0.15) is 0 Å². The van der Waals surface area contributed by atoms with Gasteiger partial charge in [-0.05, 0) is 54.6 Å². The fourth-order valence-corrected chi connectivity index (χ4v) is 3.86. The summed E-state index contributed by atoms with van der Waals surface area (Å²) in [5, 5.41) is 0. The molecule has 0 saturated carbocycles. The lowest BCUT2D eigenvalue weighted by Gasteiger charge is -1.96. The maximum absolute atomic E-state index is 4.74. The maximum atomic E-state index is 4.74. The van der Waals surface area contributed by atoms with E-state index >= 15 is 0 Å². The molecule has 0 saturated heterocycles. The molecule has 3 aromatic carbocycles. The van der Waals surface area contributed by atoms with Crippen LogP contribution >= 0.6 is 15.9 Å². The summed E-state index contributed by atoms with van der Waals surface area (Å²) < 4.78 is 1.03. The van der Waals surface area contributed by atoms with Gasteiger partial charge in [0.15, 0.2) is 0 Å². The monoisotopic (exact) mass is 428 g/mol. The lowest BCUT2D eigenvalue weighted by atomic mass is 10.2. The Morgan fingerprint density at radius 2 is 1.25 bits per heavy atom. The zero-order chi connectivity index (χ0) is 18.7. The summed E-state index contributed by atoms with van der Waals surface area (Å²) in [5.74, 6) is 1.67. The van der Waals surface area contributed by atoms with Gasteiger partial charge >= 0.3 is 0 Å². The summed E-state index contributed by atoms with van der Waals surface area (Å²) in [5.41, 5.74) is 7.80. The topological polar surface area (TPSA) is 86.0 Å². The largest absolute Gasteiger partial charge is 0.345 e. The second kappa shape index (κ2) is 5.77. The van der Waals surface area contributed by atoms with Crippen molar-refractivity contribution in [2.75, 3.05) is 0 Å². The van der Waals surface area contributed by atoms with Crippen molar-refractivity contribution in [3.05, 3.63) is 65.4 Å². The Morgan fingerprint density at radius 1 is 0.643 bits per heavy atom. The van der Waals surface area contributed by atoms with Crippen molar-refractivity contribution >= 4 is 49.0 Å². The molecule has 3 aromatic heterocycles. The smallest absolute Gasteiger partial charge is 0.138 e. The van der Waals surface area contributed by atoms with Crippen LogP contribution in [0.15, 0.2) is 65.4 Å². The van der Waals surface area contributed by atoms with Crippen LogP contribution in [0, 0.1) is 0 Å². The van der Waals surface area contributed by atoms with E-state index in [4.69, 9.17) is 9.97 Å². The van der Waals surface area contributed by atoms with Crippen molar-refractivity contribution in [1.29, 1.82) is 0 Å². The Bertz CT molecular complexity index is 1490. The van der Waals surface area contributed by atoms with E-state index in [1.54, 1.807) is 6.33 Å². The molecule has 0 bridgehead atoms. The number of aromatic nitrogens is 6. The molecule has 0 aliphatic carbocycles. The molecule has 0 amide bonds. The standard InChI is InChI=1S/C21H13BrN6/c22-13-3-6-16-19(9-13)28-21(26-16)12-2-5-15-18(8-12)27-20(25-15)11-1-4-14-17(7-11)24-10-23-14/h1-10H,(H,23,24)(H,25,27)(H,26,28). The van der Waals surface area contributed by atoms with Crippen LogP contribution in [0.3, 0.4) is 0 Å². The molecule has 0 spiro atoms. The second-order valence-electron chi connectivity index (χ2n) is 6.70. The summed E-state index contributed by atoms with van der Waals surface area (Å²) in [6.45, 7) is 0. The average molecular weight is 429 g/mol. The molecule has 3 heterocycles. The molecular formula is C21H13BrN6. The van der Waals surface area contributed by atoms with Gasteiger partial charge in [-0.15, -0.1) is 0 Å². The number of hydrogen-bond acceptors (Lipinski definition) is 3. The predicted octanol–water partition coefficient (Wildman–Crippen LogP) is 5.41. The summed E-state index contributed by atoms with van der Waals surface area (Å²) in [4.78, 5) is 23.7. The normalized spacial score (nSPS) is 11.8. The van der Waals surface area contributed by atoms with Gasteiger partial charge in [-0.25, -0.2) is 15.0 Å². The number of H-pyrrole nitrogens is 3. The Morgan fingerprint density at radius 3 is 2.00 bits per heavy atom. The van der Waals surface area contributed by atoms with E-state index in [0.29, 0.717) is 0 Å². The van der Waals surface area contributed by atoms with Gasteiger partial charge < -0.3 is 15.0 Å². The first-order valence-electron chi connectivity index (χ1n) is 8.82. The molecule has 0 aliphatic heterocycles. The highest BCUT2D eigenvalue weighted by molar-refractivity contribution is 9.10. The predicted molar refractivity (Wildman–Crippen MR) is 114 cm³/mol. The molecule has 0 aliphatic rings. The van der Waals surface area contributed by atoms with Crippen LogP contribution in [0.25, 0.3) is 55.9 Å². The van der Waals surface area contributed by atoms with Crippen LogP contribution in [0.2, 0.25) is 0 Å². The number of benzene rings is 3. The van der Waals surface area contributed by atoms with Gasteiger partial charge in [0.2, 0.25) is 0 Å². The van der Waals surface area contributed by atoms with Crippen LogP contribution in [0.1, 0.15) is 0 Å². The summed E-state index contributed by atoms with van der Waals surface area (Å²) in [6, 6.07) is 18.2. The molecule has 0 fully saturated rings. The molecule has 6 nitrogen and oxygen atoms in total. The fourth-order valence-electron chi connectivity index (χ4n) is 3.50. The lowest BCUT2D eigenvalue weighted by Crippen LogP contribution is -1.81. The van der Waals surface area contributed by atoms with Crippen LogP contribution < -0.4 is 0 Å². The molecule has 7 heteroatoms. The Kier molecular flexibility index (Phi) is 3.21. The number of nitrogens with zero attached hydrogens (tertiary/aromatic N) is 3. The third-order valence-electron chi connectivity index (χ3n) is 4.89. The van der Waals surface area contributed by atoms with Crippen molar-refractivity contribution in [2.24, 2.45) is 0 Å². The van der Waals surface area contributed by atoms with E-state index in [9.17, 15) is 0 Å². The minimum Gasteiger partial charge on any atom is -0.345 e. The summed E-state index contributed by atoms with van der Waals surface area (Å²) in [7, 11) is 0. The molecule has 3 N–H and O–H groups in total. The fraction of sp³-hybridized carbons (Fsp3) is 0. The number of fused-ring (bicyclic) bond motifs is 3. The van der Waals surface area contributed by atoms with Crippen LogP contribution in [-0.4, -0.2) is 29.9 Å². The Labute approximate surface area is 167 Å². The number of imidazole rings is 3. The van der Waals surface area contributed by atoms with E-state index < -0.39 is 0 Å². The molecular weight excluding hydrogens is 416 g/mol. The number of hydrogen-bond donors (Lipinski definition) is 3. The minimum atomic E-state index is 0.831. The van der Waals surface area contributed by atoms with E-state index in [0.717, 1.165) is 60.3 Å². The molecule has 0 unspecified atom stereocenters. The zero-order valence-electron chi connectivity index (χ0n) is 14.5. The quantitative estimate of drug-likeness (QED) is 0.344. The van der Waals surface area contributed by atoms with Crippen molar-refractivity contribution < 1.29 is 0 Å². The summed E-state index contributed by atoms with van der Waals surface area (Å²) >= 11 is 3.50. The van der Waals surface area contributed by atoms with Gasteiger partial charge in [0, 0.05) is 15.6 Å². The number of halogens is 1. The SMILES string of the molecule is Brc1ccc2nc(-c3ccc4nc(-c5ccc6nc[nH]c6c5)[nH]c4c3)[nH]c2c1. The number of rotatable bonds is 2.